The smallest absolute Gasteiger partial charge is 0.267 e. The van der Waals surface area contributed by atoms with Crippen LogP contribution in [0.15, 0.2) is 48.5 Å². The van der Waals surface area contributed by atoms with Crippen molar-refractivity contribution in [3.63, 3.8) is 0 Å². The summed E-state index contributed by atoms with van der Waals surface area (Å²) in [6.07, 6.45) is 0. The molecule has 3 heterocycles. The van der Waals surface area contributed by atoms with Crippen LogP contribution in [0.4, 0.5) is 11.4 Å². The predicted octanol–water partition coefficient (Wildman–Crippen LogP) is 5.49. The summed E-state index contributed by atoms with van der Waals surface area (Å²) in [5, 5.41) is 4.23. The molecular weight excluding hydrogens is 422 g/mol. The van der Waals surface area contributed by atoms with Gasteiger partial charge in [0.05, 0.1) is 11.4 Å². The lowest BCUT2D eigenvalue weighted by Gasteiger charge is -2.08. The van der Waals surface area contributed by atoms with Crippen LogP contribution in [0.1, 0.15) is 15.2 Å². The van der Waals surface area contributed by atoms with E-state index in [2.05, 4.69) is 5.32 Å². The first-order chi connectivity index (χ1) is 14.5. The number of carbonyl (C=O) groups excluding carboxylic acids is 1. The second-order valence-electron chi connectivity index (χ2n) is 6.83. The number of pyridine rings is 1. The Labute approximate surface area is 181 Å². The molecule has 30 heavy (non-hydrogen) atoms. The topological polar surface area (TPSA) is 86.5 Å². The maximum Gasteiger partial charge on any atom is 0.267 e. The van der Waals surface area contributed by atoms with Crippen molar-refractivity contribution in [2.24, 2.45) is 0 Å². The van der Waals surface area contributed by atoms with Gasteiger partial charge in [0.1, 0.15) is 9.71 Å². The number of nitrogens with one attached hydrogen (secondary N) is 1. The number of ether oxygens (including phenoxy) is 2. The second-order valence-corrected chi connectivity index (χ2v) is 8.23. The molecule has 6 nitrogen and oxygen atoms in total. The fraction of sp³-hybridized carbons (Fsp3) is 0.0909. The highest BCUT2D eigenvalue weighted by Crippen LogP contribution is 2.38. The molecule has 0 atom stereocenters. The van der Waals surface area contributed by atoms with Crippen molar-refractivity contribution in [1.82, 2.24) is 4.98 Å². The lowest BCUT2D eigenvalue weighted by atomic mass is 10.1. The Morgan fingerprint density at radius 1 is 1.17 bits per heavy atom. The Morgan fingerprint density at radius 2 is 2.00 bits per heavy atom. The summed E-state index contributed by atoms with van der Waals surface area (Å²) >= 11 is 7.41. The van der Waals surface area contributed by atoms with Gasteiger partial charge in [-0.1, -0.05) is 17.7 Å². The molecule has 1 amide bonds. The Bertz CT molecular complexity index is 1320. The van der Waals surface area contributed by atoms with Crippen molar-refractivity contribution in [3.05, 3.63) is 64.0 Å². The molecule has 0 saturated carbocycles. The quantitative estimate of drug-likeness (QED) is 0.442. The monoisotopic (exact) mass is 437 g/mol. The number of hydrogen-bond acceptors (Lipinski definition) is 6. The number of fused-ring (bicyclic) bond motifs is 2. The van der Waals surface area contributed by atoms with E-state index in [1.165, 1.54) is 11.3 Å². The molecule has 5 rings (SSSR count). The number of nitrogens with two attached hydrogens (primary N) is 1. The van der Waals surface area contributed by atoms with E-state index < -0.39 is 0 Å². The van der Waals surface area contributed by atoms with E-state index in [1.807, 2.05) is 37.3 Å². The van der Waals surface area contributed by atoms with E-state index in [0.717, 1.165) is 28.0 Å². The number of nitrogen functional groups attached to an aromatic ring is 1. The van der Waals surface area contributed by atoms with Gasteiger partial charge in [-0.3, -0.25) is 4.79 Å². The molecule has 0 unspecified atom stereocenters. The van der Waals surface area contributed by atoms with E-state index in [-0.39, 0.29) is 12.7 Å². The first-order valence-electron chi connectivity index (χ1n) is 9.17. The van der Waals surface area contributed by atoms with Gasteiger partial charge in [0.25, 0.3) is 5.91 Å². The van der Waals surface area contributed by atoms with Gasteiger partial charge >= 0.3 is 0 Å². The van der Waals surface area contributed by atoms with Crippen LogP contribution in [0.3, 0.4) is 0 Å². The molecule has 0 aliphatic carbocycles. The largest absolute Gasteiger partial charge is 0.454 e. The summed E-state index contributed by atoms with van der Waals surface area (Å²) < 4.78 is 10.8. The molecule has 0 radical (unpaired) electrons. The van der Waals surface area contributed by atoms with Crippen LogP contribution in [-0.4, -0.2) is 17.7 Å². The van der Waals surface area contributed by atoms with Gasteiger partial charge in [-0.15, -0.1) is 11.3 Å². The number of anilines is 2. The van der Waals surface area contributed by atoms with E-state index in [9.17, 15) is 4.79 Å². The lowest BCUT2D eigenvalue weighted by Crippen LogP contribution is -2.12. The lowest BCUT2D eigenvalue weighted by molar-refractivity contribution is 0.103. The minimum absolute atomic E-state index is 0.220. The zero-order valence-corrected chi connectivity index (χ0v) is 17.4. The maximum absolute atomic E-state index is 12.9. The average molecular weight is 438 g/mol. The van der Waals surface area contributed by atoms with Gasteiger partial charge in [-0.2, -0.15) is 0 Å². The zero-order valence-electron chi connectivity index (χ0n) is 15.9. The number of halogens is 1. The van der Waals surface area contributed by atoms with Crippen LogP contribution in [0, 0.1) is 6.92 Å². The molecule has 0 bridgehead atoms. The first-order valence-corrected chi connectivity index (χ1v) is 10.4. The van der Waals surface area contributed by atoms with Crippen LogP contribution in [0.25, 0.3) is 21.5 Å². The van der Waals surface area contributed by atoms with Crippen LogP contribution < -0.4 is 20.5 Å². The van der Waals surface area contributed by atoms with Crippen molar-refractivity contribution in [2.75, 3.05) is 17.8 Å². The molecule has 0 fully saturated rings. The van der Waals surface area contributed by atoms with Crippen molar-refractivity contribution in [2.45, 2.75) is 6.92 Å². The molecule has 150 valence electrons. The number of amides is 1. The second kappa shape index (κ2) is 7.19. The zero-order chi connectivity index (χ0) is 20.8. The van der Waals surface area contributed by atoms with Gasteiger partial charge in [-0.05, 0) is 55.0 Å². The van der Waals surface area contributed by atoms with Gasteiger partial charge in [-0.25, -0.2) is 4.98 Å². The number of rotatable bonds is 3. The molecule has 2 aromatic carbocycles. The molecule has 4 aromatic rings. The number of nitrogens with zero attached hydrogens (tertiary/aromatic N) is 1. The summed E-state index contributed by atoms with van der Waals surface area (Å²) in [6.45, 7) is 2.07. The number of thiophene rings is 1. The van der Waals surface area contributed by atoms with E-state index in [1.54, 1.807) is 18.2 Å². The molecule has 3 N–H and O–H groups in total. The van der Waals surface area contributed by atoms with Gasteiger partial charge in [0, 0.05) is 21.7 Å². The van der Waals surface area contributed by atoms with Gasteiger partial charge < -0.3 is 20.5 Å². The SMILES string of the molecule is Cc1c(Cl)cccc1NC(=O)c1sc2nc(-c3ccc4c(c3)OCO4)ccc2c1N. The molecule has 1 aliphatic heterocycles. The first kappa shape index (κ1) is 18.7. The minimum atomic E-state index is -0.287. The van der Waals surface area contributed by atoms with E-state index in [4.69, 9.17) is 31.8 Å². The van der Waals surface area contributed by atoms with Gasteiger partial charge in [0.2, 0.25) is 6.79 Å². The fourth-order valence-corrected chi connectivity index (χ4v) is 4.47. The number of carbonyl (C=O) groups is 1. The fourth-order valence-electron chi connectivity index (χ4n) is 3.30. The predicted molar refractivity (Wildman–Crippen MR) is 120 cm³/mol. The van der Waals surface area contributed by atoms with Crippen LogP contribution >= 0.6 is 22.9 Å². The Morgan fingerprint density at radius 3 is 2.87 bits per heavy atom. The molecule has 0 spiro atoms. The van der Waals surface area contributed by atoms with Gasteiger partial charge in [0.15, 0.2) is 11.5 Å². The van der Waals surface area contributed by atoms with Crippen LogP contribution in [0.5, 0.6) is 11.5 Å². The Kier molecular flexibility index (Phi) is 4.49. The number of hydrogen-bond donors (Lipinski definition) is 2. The van der Waals surface area contributed by atoms with Crippen LogP contribution in [-0.2, 0) is 0 Å². The molecule has 0 saturated heterocycles. The molecule has 1 aliphatic rings. The molecular formula is C22H16ClN3O3S. The third-order valence-electron chi connectivity index (χ3n) is 4.98. The summed E-state index contributed by atoms with van der Waals surface area (Å²) in [4.78, 5) is 18.7. The third-order valence-corrected chi connectivity index (χ3v) is 6.51. The van der Waals surface area contributed by atoms with Crippen LogP contribution in [0.2, 0.25) is 5.02 Å². The highest BCUT2D eigenvalue weighted by molar-refractivity contribution is 7.21. The average Bonchev–Trinajstić information content (AvgIpc) is 3.35. The van der Waals surface area contributed by atoms with Crippen molar-refractivity contribution in [1.29, 1.82) is 0 Å². The normalized spacial score (nSPS) is 12.3. The van der Waals surface area contributed by atoms with Crippen molar-refractivity contribution in [3.8, 4) is 22.8 Å². The highest BCUT2D eigenvalue weighted by Gasteiger charge is 2.20. The summed E-state index contributed by atoms with van der Waals surface area (Å²) in [5.74, 6) is 1.12. The molecule has 8 heteroatoms. The van der Waals surface area contributed by atoms with E-state index in [0.29, 0.717) is 31.9 Å². The number of aromatic nitrogens is 1. The number of benzene rings is 2. The Balaban J connectivity index is 1.49. The summed E-state index contributed by atoms with van der Waals surface area (Å²) in [7, 11) is 0. The Hall–Kier alpha value is -3.29. The summed E-state index contributed by atoms with van der Waals surface area (Å²) in [6, 6.07) is 14.8. The standard InChI is InChI=1S/C22H16ClN3O3S/c1-11-14(23)3-2-4-15(11)25-21(27)20-19(24)13-6-7-16(26-22(13)30-20)12-5-8-17-18(9-12)29-10-28-17/h2-9H,10,24H2,1H3,(H,25,27). The van der Waals surface area contributed by atoms with Crippen molar-refractivity contribution >= 4 is 50.4 Å². The minimum Gasteiger partial charge on any atom is -0.454 e. The maximum atomic E-state index is 12.9. The van der Waals surface area contributed by atoms with Crippen molar-refractivity contribution < 1.29 is 14.3 Å². The summed E-state index contributed by atoms with van der Waals surface area (Å²) in [5.41, 5.74) is 9.80. The molecule has 2 aromatic heterocycles. The van der Waals surface area contributed by atoms with E-state index >= 15 is 0 Å². The highest BCUT2D eigenvalue weighted by atomic mass is 35.5. The third kappa shape index (κ3) is 3.12.